The van der Waals surface area contributed by atoms with Crippen LogP contribution in [0.25, 0.3) is 0 Å². The van der Waals surface area contributed by atoms with Crippen LogP contribution < -0.4 is 0 Å². The quantitative estimate of drug-likeness (QED) is 0.582. The lowest BCUT2D eigenvalue weighted by Crippen LogP contribution is -2.22. The minimum atomic E-state index is 0.403. The van der Waals surface area contributed by atoms with Crippen molar-refractivity contribution in [3.63, 3.8) is 0 Å². The lowest BCUT2D eigenvalue weighted by molar-refractivity contribution is -0.108. The second-order valence-electron chi connectivity index (χ2n) is 3.32. The fourth-order valence-electron chi connectivity index (χ4n) is 1.66. The first-order valence-electron chi connectivity index (χ1n) is 4.38. The standard InChI is InChI=1S/C9H16O2/c1-8-7-9(3-2-5-10)4-6-11-8/h5,8-9H,2-4,6-7H2,1H3. The third kappa shape index (κ3) is 3.02. The van der Waals surface area contributed by atoms with Crippen molar-refractivity contribution in [1.82, 2.24) is 0 Å². The van der Waals surface area contributed by atoms with Gasteiger partial charge in [-0.15, -0.1) is 0 Å². The van der Waals surface area contributed by atoms with Crippen molar-refractivity contribution in [2.24, 2.45) is 5.92 Å². The van der Waals surface area contributed by atoms with Crippen molar-refractivity contribution in [1.29, 1.82) is 0 Å². The topological polar surface area (TPSA) is 26.3 Å². The first-order chi connectivity index (χ1) is 5.33. The van der Waals surface area contributed by atoms with Gasteiger partial charge in [-0.3, -0.25) is 0 Å². The molecule has 0 spiro atoms. The van der Waals surface area contributed by atoms with Crippen molar-refractivity contribution < 1.29 is 9.53 Å². The molecule has 1 aliphatic rings. The van der Waals surface area contributed by atoms with E-state index in [1.165, 1.54) is 0 Å². The number of ether oxygens (including phenoxy) is 1. The van der Waals surface area contributed by atoms with Crippen molar-refractivity contribution in [2.75, 3.05) is 6.61 Å². The number of rotatable bonds is 3. The highest BCUT2D eigenvalue weighted by atomic mass is 16.5. The molecule has 0 aromatic heterocycles. The molecule has 1 saturated heterocycles. The minimum Gasteiger partial charge on any atom is -0.378 e. The molecule has 0 saturated carbocycles. The average molecular weight is 156 g/mol. The zero-order chi connectivity index (χ0) is 8.10. The van der Waals surface area contributed by atoms with E-state index in [9.17, 15) is 4.79 Å². The van der Waals surface area contributed by atoms with E-state index in [-0.39, 0.29) is 0 Å². The second kappa shape index (κ2) is 4.50. The van der Waals surface area contributed by atoms with Gasteiger partial charge < -0.3 is 9.53 Å². The average Bonchev–Trinajstić information content (AvgIpc) is 2.01. The predicted molar refractivity (Wildman–Crippen MR) is 43.4 cm³/mol. The number of carbonyl (C=O) groups is 1. The molecular weight excluding hydrogens is 140 g/mol. The van der Waals surface area contributed by atoms with Crippen LogP contribution in [0.15, 0.2) is 0 Å². The molecule has 1 fully saturated rings. The summed E-state index contributed by atoms with van der Waals surface area (Å²) in [6, 6.07) is 0. The van der Waals surface area contributed by atoms with E-state index in [0.29, 0.717) is 6.10 Å². The van der Waals surface area contributed by atoms with Gasteiger partial charge in [0.2, 0.25) is 0 Å². The van der Waals surface area contributed by atoms with Gasteiger partial charge in [-0.25, -0.2) is 0 Å². The van der Waals surface area contributed by atoms with E-state index < -0.39 is 0 Å². The molecule has 2 unspecified atom stereocenters. The van der Waals surface area contributed by atoms with Crippen LogP contribution in [0.2, 0.25) is 0 Å². The smallest absolute Gasteiger partial charge is 0.120 e. The number of carbonyl (C=O) groups excluding carboxylic acids is 1. The Bertz CT molecular complexity index is 123. The van der Waals surface area contributed by atoms with E-state index >= 15 is 0 Å². The summed E-state index contributed by atoms with van der Waals surface area (Å²) in [6.45, 7) is 2.98. The van der Waals surface area contributed by atoms with E-state index in [4.69, 9.17) is 4.74 Å². The van der Waals surface area contributed by atoms with Crippen LogP contribution in [0, 0.1) is 5.92 Å². The maximum absolute atomic E-state index is 10.1. The van der Waals surface area contributed by atoms with Crippen molar-refractivity contribution in [3.05, 3.63) is 0 Å². The predicted octanol–water partition coefficient (Wildman–Crippen LogP) is 1.78. The Balaban J connectivity index is 2.17. The highest BCUT2D eigenvalue weighted by Gasteiger charge is 2.18. The lowest BCUT2D eigenvalue weighted by atomic mass is 9.92. The van der Waals surface area contributed by atoms with Gasteiger partial charge >= 0.3 is 0 Å². The Morgan fingerprint density at radius 1 is 1.64 bits per heavy atom. The highest BCUT2D eigenvalue weighted by Crippen LogP contribution is 2.23. The minimum absolute atomic E-state index is 0.403. The number of aldehydes is 1. The van der Waals surface area contributed by atoms with Gasteiger partial charge in [0, 0.05) is 13.0 Å². The molecule has 2 heteroatoms. The molecule has 2 atom stereocenters. The SMILES string of the molecule is CC1CC(CCC=O)CCO1. The van der Waals surface area contributed by atoms with Crippen molar-refractivity contribution >= 4 is 6.29 Å². The molecule has 1 heterocycles. The molecule has 0 aromatic rings. The second-order valence-corrected chi connectivity index (χ2v) is 3.32. The van der Waals surface area contributed by atoms with Crippen LogP contribution in [-0.2, 0) is 9.53 Å². The number of hydrogen-bond donors (Lipinski definition) is 0. The lowest BCUT2D eigenvalue weighted by Gasteiger charge is -2.26. The Morgan fingerprint density at radius 2 is 2.45 bits per heavy atom. The molecule has 11 heavy (non-hydrogen) atoms. The molecule has 0 radical (unpaired) electrons. The molecule has 2 nitrogen and oxygen atoms in total. The molecule has 1 aliphatic heterocycles. The van der Waals surface area contributed by atoms with E-state index in [0.717, 1.165) is 44.5 Å². The monoisotopic (exact) mass is 156 g/mol. The van der Waals surface area contributed by atoms with E-state index in [1.807, 2.05) is 0 Å². The summed E-state index contributed by atoms with van der Waals surface area (Å²) in [5.74, 6) is 0.726. The normalized spacial score (nSPS) is 31.7. The van der Waals surface area contributed by atoms with Crippen molar-refractivity contribution in [2.45, 2.75) is 38.7 Å². The van der Waals surface area contributed by atoms with Crippen LogP contribution in [0.3, 0.4) is 0 Å². The van der Waals surface area contributed by atoms with Gasteiger partial charge in [0.25, 0.3) is 0 Å². The summed E-state index contributed by atoms with van der Waals surface area (Å²) in [4.78, 5) is 10.1. The van der Waals surface area contributed by atoms with Gasteiger partial charge in [0.1, 0.15) is 6.29 Å². The van der Waals surface area contributed by atoms with Gasteiger partial charge in [0.05, 0.1) is 6.10 Å². The Kier molecular flexibility index (Phi) is 3.57. The summed E-state index contributed by atoms with van der Waals surface area (Å²) in [7, 11) is 0. The van der Waals surface area contributed by atoms with Crippen LogP contribution in [0.1, 0.15) is 32.6 Å². The Hall–Kier alpha value is -0.370. The molecule has 0 N–H and O–H groups in total. The van der Waals surface area contributed by atoms with Crippen LogP contribution >= 0.6 is 0 Å². The summed E-state index contributed by atoms with van der Waals surface area (Å²) >= 11 is 0. The Morgan fingerprint density at radius 3 is 3.09 bits per heavy atom. The zero-order valence-corrected chi connectivity index (χ0v) is 7.08. The van der Waals surface area contributed by atoms with Crippen LogP contribution in [-0.4, -0.2) is 19.0 Å². The summed E-state index contributed by atoms with van der Waals surface area (Å²) in [5.41, 5.74) is 0. The molecule has 0 aromatic carbocycles. The van der Waals surface area contributed by atoms with Gasteiger partial charge in [-0.2, -0.15) is 0 Å². The largest absolute Gasteiger partial charge is 0.378 e. The molecule has 1 rings (SSSR count). The summed E-state index contributed by atoms with van der Waals surface area (Å²) < 4.78 is 5.40. The summed E-state index contributed by atoms with van der Waals surface area (Å²) in [6.07, 6.45) is 5.46. The van der Waals surface area contributed by atoms with Crippen molar-refractivity contribution in [3.8, 4) is 0 Å². The van der Waals surface area contributed by atoms with Gasteiger partial charge in [0.15, 0.2) is 0 Å². The Labute approximate surface area is 67.9 Å². The van der Waals surface area contributed by atoms with E-state index in [2.05, 4.69) is 6.92 Å². The van der Waals surface area contributed by atoms with E-state index in [1.54, 1.807) is 0 Å². The van der Waals surface area contributed by atoms with Gasteiger partial charge in [-0.05, 0) is 32.1 Å². The fraction of sp³-hybridized carbons (Fsp3) is 0.889. The molecule has 0 amide bonds. The highest BCUT2D eigenvalue weighted by molar-refractivity contribution is 5.49. The van der Waals surface area contributed by atoms with Crippen LogP contribution in [0.5, 0.6) is 0 Å². The molecular formula is C9H16O2. The molecule has 0 bridgehead atoms. The molecule has 0 aliphatic carbocycles. The third-order valence-electron chi connectivity index (χ3n) is 2.29. The maximum atomic E-state index is 10.1. The zero-order valence-electron chi connectivity index (χ0n) is 7.08. The molecule has 64 valence electrons. The maximum Gasteiger partial charge on any atom is 0.120 e. The summed E-state index contributed by atoms with van der Waals surface area (Å²) in [5, 5.41) is 0. The first-order valence-corrected chi connectivity index (χ1v) is 4.38. The first kappa shape index (κ1) is 8.72. The third-order valence-corrected chi connectivity index (χ3v) is 2.29. The fourth-order valence-corrected chi connectivity index (χ4v) is 1.66. The number of hydrogen-bond acceptors (Lipinski definition) is 2. The van der Waals surface area contributed by atoms with Crippen LogP contribution in [0.4, 0.5) is 0 Å². The van der Waals surface area contributed by atoms with Gasteiger partial charge in [-0.1, -0.05) is 0 Å².